The molecule has 1 aliphatic rings. The van der Waals surface area contributed by atoms with Gasteiger partial charge < -0.3 is 20.3 Å². The van der Waals surface area contributed by atoms with Crippen molar-refractivity contribution in [1.82, 2.24) is 10.6 Å². The molecule has 0 spiro atoms. The van der Waals surface area contributed by atoms with E-state index in [4.69, 9.17) is 4.74 Å². The van der Waals surface area contributed by atoms with Crippen LogP contribution in [0.15, 0.2) is 47.5 Å². The molecule has 1 fully saturated rings. The minimum absolute atomic E-state index is 0. The van der Waals surface area contributed by atoms with Gasteiger partial charge in [0.05, 0.1) is 13.2 Å². The van der Waals surface area contributed by atoms with Crippen molar-refractivity contribution in [2.75, 3.05) is 44.8 Å². The average molecular weight is 512 g/mol. The van der Waals surface area contributed by atoms with Gasteiger partial charge in [0.25, 0.3) is 0 Å². The number of ether oxygens (including phenoxy) is 1. The van der Waals surface area contributed by atoms with Gasteiger partial charge in [-0.3, -0.25) is 4.99 Å². The monoisotopic (exact) mass is 512 g/mol. The fraction of sp³-hybridized carbons (Fsp3) is 0.409. The van der Waals surface area contributed by atoms with E-state index in [-0.39, 0.29) is 29.8 Å². The van der Waals surface area contributed by atoms with Crippen molar-refractivity contribution in [3.63, 3.8) is 0 Å². The van der Waals surface area contributed by atoms with Crippen molar-refractivity contribution >= 4 is 35.6 Å². The fourth-order valence-electron chi connectivity index (χ4n) is 3.43. The van der Waals surface area contributed by atoms with Crippen molar-refractivity contribution in [2.45, 2.75) is 19.9 Å². The summed E-state index contributed by atoms with van der Waals surface area (Å²) in [6, 6.07) is 13.4. The van der Waals surface area contributed by atoms with E-state index in [1.165, 1.54) is 17.3 Å². The minimum Gasteiger partial charge on any atom is -0.378 e. The molecule has 0 aromatic heterocycles. The molecular formula is C22H30FIN4O. The largest absolute Gasteiger partial charge is 0.378 e. The van der Waals surface area contributed by atoms with Crippen LogP contribution >= 0.6 is 24.0 Å². The molecule has 1 aliphatic heterocycles. The number of nitrogens with one attached hydrogen (secondary N) is 2. The van der Waals surface area contributed by atoms with E-state index >= 15 is 0 Å². The Morgan fingerprint density at radius 2 is 1.86 bits per heavy atom. The van der Waals surface area contributed by atoms with Gasteiger partial charge in [-0.1, -0.05) is 24.3 Å². The summed E-state index contributed by atoms with van der Waals surface area (Å²) in [6.45, 7) is 6.75. The lowest BCUT2D eigenvalue weighted by molar-refractivity contribution is 0.122. The third-order valence-electron chi connectivity index (χ3n) is 5.00. The number of benzene rings is 2. The van der Waals surface area contributed by atoms with Crippen LogP contribution in [-0.2, 0) is 17.7 Å². The van der Waals surface area contributed by atoms with Gasteiger partial charge in [0.15, 0.2) is 5.96 Å². The number of halogens is 2. The number of morpholine rings is 1. The normalized spacial score (nSPS) is 14.3. The molecule has 3 rings (SSSR count). The minimum atomic E-state index is -0.189. The average Bonchev–Trinajstić information content (AvgIpc) is 2.73. The maximum atomic E-state index is 13.2. The molecule has 0 atom stereocenters. The SMILES string of the molecule is CN=C(NCCc1ccc(F)cc1C)NCc1ccccc1N1CCOCC1.I. The molecule has 0 bridgehead atoms. The molecule has 5 nitrogen and oxygen atoms in total. The number of para-hydroxylation sites is 1. The molecule has 2 aromatic carbocycles. The number of anilines is 1. The molecule has 2 aromatic rings. The molecule has 0 radical (unpaired) electrons. The van der Waals surface area contributed by atoms with Crippen molar-refractivity contribution in [1.29, 1.82) is 0 Å². The number of hydrogen-bond acceptors (Lipinski definition) is 3. The lowest BCUT2D eigenvalue weighted by atomic mass is 10.1. The number of guanidine groups is 1. The maximum Gasteiger partial charge on any atom is 0.191 e. The Labute approximate surface area is 189 Å². The van der Waals surface area contributed by atoms with Crippen LogP contribution in [0.3, 0.4) is 0 Å². The Morgan fingerprint density at radius 3 is 2.59 bits per heavy atom. The number of hydrogen-bond donors (Lipinski definition) is 2. The van der Waals surface area contributed by atoms with Crippen LogP contribution in [0.25, 0.3) is 0 Å². The van der Waals surface area contributed by atoms with Crippen LogP contribution < -0.4 is 15.5 Å². The van der Waals surface area contributed by atoms with Gasteiger partial charge in [0, 0.05) is 38.9 Å². The fourth-order valence-corrected chi connectivity index (χ4v) is 3.43. The smallest absolute Gasteiger partial charge is 0.191 e. The Balaban J connectivity index is 0.00000300. The van der Waals surface area contributed by atoms with Gasteiger partial charge in [-0.15, -0.1) is 24.0 Å². The van der Waals surface area contributed by atoms with Crippen molar-refractivity contribution in [3.8, 4) is 0 Å². The number of aliphatic imine (C=N–C) groups is 1. The Bertz CT molecular complexity index is 809. The molecule has 0 saturated carbocycles. The molecule has 7 heteroatoms. The quantitative estimate of drug-likeness (QED) is 0.354. The first-order chi connectivity index (χ1) is 13.7. The summed E-state index contributed by atoms with van der Waals surface area (Å²) < 4.78 is 18.7. The van der Waals surface area contributed by atoms with Gasteiger partial charge in [0.2, 0.25) is 0 Å². The van der Waals surface area contributed by atoms with Crippen LogP contribution in [0.5, 0.6) is 0 Å². The zero-order chi connectivity index (χ0) is 19.8. The summed E-state index contributed by atoms with van der Waals surface area (Å²) in [7, 11) is 1.77. The zero-order valence-electron chi connectivity index (χ0n) is 17.1. The van der Waals surface area contributed by atoms with Crippen LogP contribution in [-0.4, -0.2) is 45.9 Å². The molecule has 0 amide bonds. The third-order valence-corrected chi connectivity index (χ3v) is 5.00. The zero-order valence-corrected chi connectivity index (χ0v) is 19.4. The van der Waals surface area contributed by atoms with E-state index in [0.717, 1.165) is 56.4 Å². The van der Waals surface area contributed by atoms with E-state index in [0.29, 0.717) is 6.54 Å². The van der Waals surface area contributed by atoms with Gasteiger partial charge in [0.1, 0.15) is 5.82 Å². The topological polar surface area (TPSA) is 48.9 Å². The summed E-state index contributed by atoms with van der Waals surface area (Å²) in [5, 5.41) is 6.74. The van der Waals surface area contributed by atoms with Gasteiger partial charge in [-0.25, -0.2) is 4.39 Å². The van der Waals surface area contributed by atoms with Crippen molar-refractivity contribution < 1.29 is 9.13 Å². The molecule has 0 aliphatic carbocycles. The highest BCUT2D eigenvalue weighted by Crippen LogP contribution is 2.21. The molecule has 29 heavy (non-hydrogen) atoms. The van der Waals surface area contributed by atoms with Gasteiger partial charge >= 0.3 is 0 Å². The first-order valence-electron chi connectivity index (χ1n) is 9.77. The second-order valence-electron chi connectivity index (χ2n) is 6.90. The van der Waals surface area contributed by atoms with Crippen LogP contribution in [0.4, 0.5) is 10.1 Å². The van der Waals surface area contributed by atoms with Crippen LogP contribution in [0, 0.1) is 12.7 Å². The Hall–Kier alpha value is -1.87. The summed E-state index contributed by atoms with van der Waals surface area (Å²) in [5.41, 5.74) is 4.60. The molecule has 2 N–H and O–H groups in total. The lowest BCUT2D eigenvalue weighted by Gasteiger charge is -2.30. The summed E-state index contributed by atoms with van der Waals surface area (Å²) in [5.74, 6) is 0.571. The molecule has 0 unspecified atom stereocenters. The van der Waals surface area contributed by atoms with Crippen LogP contribution in [0.1, 0.15) is 16.7 Å². The first kappa shape index (κ1) is 23.4. The van der Waals surface area contributed by atoms with E-state index in [2.05, 4.69) is 44.8 Å². The highest BCUT2D eigenvalue weighted by atomic mass is 127. The lowest BCUT2D eigenvalue weighted by Crippen LogP contribution is -2.39. The van der Waals surface area contributed by atoms with E-state index in [1.54, 1.807) is 13.1 Å². The van der Waals surface area contributed by atoms with E-state index < -0.39 is 0 Å². The summed E-state index contributed by atoms with van der Waals surface area (Å²) >= 11 is 0. The van der Waals surface area contributed by atoms with Crippen molar-refractivity contribution in [2.24, 2.45) is 4.99 Å². The second-order valence-corrected chi connectivity index (χ2v) is 6.90. The number of rotatable bonds is 6. The standard InChI is InChI=1S/C22H29FN4O.HI/c1-17-15-20(23)8-7-18(17)9-10-25-22(24-2)26-16-19-5-3-4-6-21(19)27-11-13-28-14-12-27;/h3-8,15H,9-14,16H2,1-2H3,(H2,24,25,26);1H. The number of aryl methyl sites for hydroxylation is 1. The predicted octanol–water partition coefficient (Wildman–Crippen LogP) is 3.50. The highest BCUT2D eigenvalue weighted by Gasteiger charge is 2.14. The van der Waals surface area contributed by atoms with E-state index in [9.17, 15) is 4.39 Å². The molecule has 158 valence electrons. The maximum absolute atomic E-state index is 13.2. The third kappa shape index (κ3) is 6.85. The Morgan fingerprint density at radius 1 is 1.10 bits per heavy atom. The van der Waals surface area contributed by atoms with E-state index in [1.807, 2.05) is 13.0 Å². The molecular weight excluding hydrogens is 482 g/mol. The molecule has 1 heterocycles. The van der Waals surface area contributed by atoms with Gasteiger partial charge in [-0.2, -0.15) is 0 Å². The number of nitrogens with zero attached hydrogens (tertiary/aromatic N) is 2. The van der Waals surface area contributed by atoms with Crippen molar-refractivity contribution in [3.05, 3.63) is 65.0 Å². The van der Waals surface area contributed by atoms with Gasteiger partial charge in [-0.05, 0) is 48.2 Å². The Kier molecular flexibility index (Phi) is 9.66. The van der Waals surface area contributed by atoms with Crippen LogP contribution in [0.2, 0.25) is 0 Å². The first-order valence-corrected chi connectivity index (χ1v) is 9.77. The second kappa shape index (κ2) is 12.0. The summed E-state index contributed by atoms with van der Waals surface area (Å²) in [4.78, 5) is 6.68. The summed E-state index contributed by atoms with van der Waals surface area (Å²) in [6.07, 6.45) is 0.817. The highest BCUT2D eigenvalue weighted by molar-refractivity contribution is 14.0. The molecule has 1 saturated heterocycles. The predicted molar refractivity (Wildman–Crippen MR) is 128 cm³/mol.